The second-order valence-corrected chi connectivity index (χ2v) is 9.94. The molecule has 176 valence electrons. The van der Waals surface area contributed by atoms with E-state index in [1.165, 1.54) is 18.2 Å². The second kappa shape index (κ2) is 9.37. The quantitative estimate of drug-likeness (QED) is 0.281. The van der Waals surface area contributed by atoms with Gasteiger partial charge in [-0.3, -0.25) is 4.72 Å². The molecule has 4 nitrogen and oxygen atoms in total. The van der Waals surface area contributed by atoms with E-state index in [2.05, 4.69) is 0 Å². The maximum Gasteiger partial charge on any atom is 0.516 e. The van der Waals surface area contributed by atoms with E-state index in [1.54, 1.807) is 29.0 Å². The Balaban J connectivity index is 1.55. The van der Waals surface area contributed by atoms with Gasteiger partial charge in [0, 0.05) is 21.1 Å². The van der Waals surface area contributed by atoms with Crippen molar-refractivity contribution in [3.05, 3.63) is 94.5 Å². The average Bonchev–Trinajstić information content (AvgIpc) is 2.76. The molecule has 0 aromatic heterocycles. The predicted octanol–water partition coefficient (Wildman–Crippen LogP) is 7.65. The minimum absolute atomic E-state index is 0.199. The highest BCUT2D eigenvalue weighted by molar-refractivity contribution is 7.93. The van der Waals surface area contributed by atoms with Crippen LogP contribution in [-0.4, -0.2) is 13.9 Å². The fourth-order valence-electron chi connectivity index (χ4n) is 3.38. The first-order valence-corrected chi connectivity index (χ1v) is 12.1. The van der Waals surface area contributed by atoms with Crippen molar-refractivity contribution < 1.29 is 26.3 Å². The molecular weight excluding hydrogens is 510 g/mol. The van der Waals surface area contributed by atoms with Gasteiger partial charge in [0.15, 0.2) is 0 Å². The van der Waals surface area contributed by atoms with Crippen LogP contribution in [-0.2, 0) is 16.6 Å². The lowest BCUT2D eigenvalue weighted by molar-refractivity contribution is -0.0429. The summed E-state index contributed by atoms with van der Waals surface area (Å²) in [6, 6.07) is 22.0. The number of sulfonamides is 1. The summed E-state index contributed by atoms with van der Waals surface area (Å²) in [6.45, 7) is 0.226. The molecular formula is C24H16Cl2F3NO3S. The van der Waals surface area contributed by atoms with Crippen LogP contribution in [0.5, 0.6) is 5.75 Å². The number of hydrogen-bond acceptors (Lipinski definition) is 3. The molecule has 0 unspecified atom stereocenters. The van der Waals surface area contributed by atoms with E-state index in [4.69, 9.17) is 27.9 Å². The molecule has 0 saturated heterocycles. The van der Waals surface area contributed by atoms with Crippen LogP contribution in [0.4, 0.5) is 18.9 Å². The van der Waals surface area contributed by atoms with Gasteiger partial charge < -0.3 is 4.74 Å². The number of fused-ring (bicyclic) bond motifs is 1. The maximum atomic E-state index is 12.7. The van der Waals surface area contributed by atoms with Crippen molar-refractivity contribution in [3.63, 3.8) is 0 Å². The predicted molar refractivity (Wildman–Crippen MR) is 129 cm³/mol. The Morgan fingerprint density at radius 1 is 0.824 bits per heavy atom. The maximum absolute atomic E-state index is 12.7. The summed E-state index contributed by atoms with van der Waals surface area (Å²) < 4.78 is 68.2. The van der Waals surface area contributed by atoms with E-state index in [9.17, 15) is 21.6 Å². The molecule has 0 bridgehead atoms. The first kappa shape index (κ1) is 24.2. The van der Waals surface area contributed by atoms with Gasteiger partial charge >= 0.3 is 15.5 Å². The molecule has 0 radical (unpaired) electrons. The molecule has 0 aliphatic rings. The molecule has 0 heterocycles. The minimum atomic E-state index is -5.51. The van der Waals surface area contributed by atoms with E-state index < -0.39 is 15.5 Å². The summed E-state index contributed by atoms with van der Waals surface area (Å²) in [5.41, 5.74) is -2.96. The third-order valence-corrected chi connectivity index (χ3v) is 6.46. The number of nitrogens with one attached hydrogen (secondary N) is 1. The van der Waals surface area contributed by atoms with Crippen LogP contribution < -0.4 is 9.46 Å². The van der Waals surface area contributed by atoms with E-state index in [0.29, 0.717) is 26.6 Å². The van der Waals surface area contributed by atoms with Crippen LogP contribution in [0.25, 0.3) is 21.9 Å². The van der Waals surface area contributed by atoms with Gasteiger partial charge in [-0.15, -0.1) is 0 Å². The Kier molecular flexibility index (Phi) is 6.66. The molecule has 10 heteroatoms. The van der Waals surface area contributed by atoms with Gasteiger partial charge in [0.1, 0.15) is 12.4 Å². The van der Waals surface area contributed by atoms with E-state index in [-0.39, 0.29) is 12.3 Å². The third-order valence-electron chi connectivity index (χ3n) is 4.91. The first-order chi connectivity index (χ1) is 16.0. The van der Waals surface area contributed by atoms with Crippen LogP contribution in [0.3, 0.4) is 0 Å². The van der Waals surface area contributed by atoms with Crippen molar-refractivity contribution in [2.75, 3.05) is 4.72 Å². The molecule has 34 heavy (non-hydrogen) atoms. The van der Waals surface area contributed by atoms with Gasteiger partial charge in [-0.25, -0.2) is 0 Å². The van der Waals surface area contributed by atoms with Crippen LogP contribution in [0.1, 0.15) is 5.56 Å². The SMILES string of the molecule is O=S(=O)(Nc1ccc2c(OCc3cccc(-c4cc(Cl)cc(Cl)c4)c3)cccc2c1)C(F)(F)F. The molecule has 0 atom stereocenters. The zero-order chi connectivity index (χ0) is 24.5. The van der Waals surface area contributed by atoms with Gasteiger partial charge in [0.05, 0.1) is 0 Å². The number of anilines is 1. The van der Waals surface area contributed by atoms with Crippen molar-refractivity contribution >= 4 is 49.7 Å². The normalized spacial score (nSPS) is 12.0. The van der Waals surface area contributed by atoms with E-state index in [0.717, 1.165) is 16.7 Å². The van der Waals surface area contributed by atoms with Gasteiger partial charge in [0.2, 0.25) is 0 Å². The molecule has 0 saturated carbocycles. The van der Waals surface area contributed by atoms with Crippen LogP contribution in [0.15, 0.2) is 78.9 Å². The Bertz CT molecular complexity index is 1450. The van der Waals surface area contributed by atoms with Crippen LogP contribution in [0.2, 0.25) is 10.0 Å². The van der Waals surface area contributed by atoms with Crippen molar-refractivity contribution in [1.29, 1.82) is 0 Å². The minimum Gasteiger partial charge on any atom is -0.488 e. The summed E-state index contributed by atoms with van der Waals surface area (Å²) in [5, 5.41) is 2.19. The summed E-state index contributed by atoms with van der Waals surface area (Å²) in [7, 11) is -5.51. The van der Waals surface area contributed by atoms with Gasteiger partial charge in [-0.05, 0) is 70.6 Å². The Labute approximate surface area is 203 Å². The molecule has 4 aromatic carbocycles. The summed E-state index contributed by atoms with van der Waals surface area (Å²) in [4.78, 5) is 0. The number of benzene rings is 4. The lowest BCUT2D eigenvalue weighted by atomic mass is 10.0. The van der Waals surface area contributed by atoms with Crippen LogP contribution >= 0.6 is 23.2 Å². The number of hydrogen-bond donors (Lipinski definition) is 1. The largest absolute Gasteiger partial charge is 0.516 e. The third kappa shape index (κ3) is 5.41. The molecule has 0 aliphatic heterocycles. The monoisotopic (exact) mass is 525 g/mol. The highest BCUT2D eigenvalue weighted by Crippen LogP contribution is 2.32. The number of ether oxygens (including phenoxy) is 1. The topological polar surface area (TPSA) is 55.4 Å². The second-order valence-electron chi connectivity index (χ2n) is 7.39. The molecule has 0 aliphatic carbocycles. The molecule has 0 fully saturated rings. The van der Waals surface area contributed by atoms with Crippen molar-refractivity contribution in [2.45, 2.75) is 12.1 Å². The van der Waals surface area contributed by atoms with E-state index >= 15 is 0 Å². The molecule has 0 spiro atoms. The highest BCUT2D eigenvalue weighted by atomic mass is 35.5. The number of rotatable bonds is 6. The highest BCUT2D eigenvalue weighted by Gasteiger charge is 2.46. The lowest BCUT2D eigenvalue weighted by Gasteiger charge is -2.13. The molecule has 1 N–H and O–H groups in total. The van der Waals surface area contributed by atoms with Gasteiger partial charge in [-0.2, -0.15) is 21.6 Å². The summed E-state index contributed by atoms with van der Waals surface area (Å²) >= 11 is 12.2. The molecule has 4 rings (SSSR count). The van der Waals surface area contributed by atoms with Crippen LogP contribution in [0, 0.1) is 0 Å². The first-order valence-electron chi connectivity index (χ1n) is 9.82. The number of halogens is 5. The van der Waals surface area contributed by atoms with Gasteiger partial charge in [-0.1, -0.05) is 53.5 Å². The molecule has 0 amide bonds. The Morgan fingerprint density at radius 2 is 1.53 bits per heavy atom. The molecule has 4 aromatic rings. The summed E-state index contributed by atoms with van der Waals surface area (Å²) in [6.07, 6.45) is 0. The Hall–Kier alpha value is -2.94. The fourth-order valence-corrected chi connectivity index (χ4v) is 4.46. The standard InChI is InChI=1S/C24H16Cl2F3NO3S/c25-19-10-18(11-20(26)13-19)16-4-1-3-15(9-16)14-33-23-6-2-5-17-12-21(7-8-22(17)23)30-34(31,32)24(27,28)29/h1-13,30H,14H2. The number of alkyl halides is 3. The zero-order valence-electron chi connectivity index (χ0n) is 17.2. The van der Waals surface area contributed by atoms with Crippen molar-refractivity contribution in [1.82, 2.24) is 0 Å². The smallest absolute Gasteiger partial charge is 0.488 e. The average molecular weight is 526 g/mol. The zero-order valence-corrected chi connectivity index (χ0v) is 19.6. The fraction of sp³-hybridized carbons (Fsp3) is 0.0833. The lowest BCUT2D eigenvalue weighted by Crippen LogP contribution is -2.29. The van der Waals surface area contributed by atoms with Crippen molar-refractivity contribution in [3.8, 4) is 16.9 Å². The van der Waals surface area contributed by atoms with Crippen molar-refractivity contribution in [2.24, 2.45) is 0 Å². The van der Waals surface area contributed by atoms with E-state index in [1.807, 2.05) is 36.4 Å². The van der Waals surface area contributed by atoms with Gasteiger partial charge in [0.25, 0.3) is 0 Å². The Morgan fingerprint density at radius 3 is 2.24 bits per heavy atom. The summed E-state index contributed by atoms with van der Waals surface area (Å²) in [5.74, 6) is 0.499.